The average molecular weight is 229 g/mol. The molecule has 1 aromatic carbocycles. The second-order valence-electron chi connectivity index (χ2n) is 4.87. The molecule has 0 spiro atoms. The van der Waals surface area contributed by atoms with Gasteiger partial charge < -0.3 is 0 Å². The molecule has 0 bridgehead atoms. The summed E-state index contributed by atoms with van der Waals surface area (Å²) in [7, 11) is 0. The number of nitriles is 1. The van der Waals surface area contributed by atoms with Gasteiger partial charge in [-0.25, -0.2) is 4.39 Å². The highest BCUT2D eigenvalue weighted by Gasteiger charge is 2.25. The molecule has 88 valence electrons. The van der Waals surface area contributed by atoms with E-state index >= 15 is 0 Å². The van der Waals surface area contributed by atoms with Gasteiger partial charge in [-0.05, 0) is 37.0 Å². The molecular weight excluding hydrogens is 213 g/mol. The van der Waals surface area contributed by atoms with Crippen LogP contribution >= 0.6 is 0 Å². The molecule has 0 radical (unpaired) electrons. The van der Waals surface area contributed by atoms with Crippen molar-refractivity contribution < 1.29 is 4.39 Å². The Morgan fingerprint density at radius 3 is 2.88 bits per heavy atom. The van der Waals surface area contributed by atoms with Crippen molar-refractivity contribution in [2.45, 2.75) is 38.0 Å². The highest BCUT2D eigenvalue weighted by Crippen LogP contribution is 2.34. The molecule has 0 aliphatic heterocycles. The van der Waals surface area contributed by atoms with Gasteiger partial charge in [-0.2, -0.15) is 5.26 Å². The lowest BCUT2D eigenvalue weighted by atomic mass is 9.78. The Labute approximate surface area is 102 Å². The molecule has 0 N–H and O–H groups in total. The molecule has 1 atom stereocenters. The molecule has 1 aliphatic carbocycles. The summed E-state index contributed by atoms with van der Waals surface area (Å²) in [6.07, 6.45) is 8.86. The minimum absolute atomic E-state index is 0.0919. The third kappa shape index (κ3) is 2.39. The summed E-state index contributed by atoms with van der Waals surface area (Å²) in [5.41, 5.74) is 0.993. The van der Waals surface area contributed by atoms with Crippen molar-refractivity contribution >= 4 is 0 Å². The Kier molecular flexibility index (Phi) is 3.28. The van der Waals surface area contributed by atoms with Crippen molar-refractivity contribution in [1.82, 2.24) is 0 Å². The summed E-state index contributed by atoms with van der Waals surface area (Å²) in [5, 5.41) is 8.72. The van der Waals surface area contributed by atoms with Crippen molar-refractivity contribution in [3.05, 3.63) is 47.3 Å². The van der Waals surface area contributed by atoms with Crippen LogP contribution in [0.4, 0.5) is 4.39 Å². The van der Waals surface area contributed by atoms with Gasteiger partial charge in [-0.1, -0.05) is 31.6 Å². The molecule has 0 unspecified atom stereocenters. The summed E-state index contributed by atoms with van der Waals surface area (Å²) < 4.78 is 13.6. The van der Waals surface area contributed by atoms with E-state index in [0.717, 1.165) is 24.8 Å². The lowest BCUT2D eigenvalue weighted by Gasteiger charge is -2.25. The molecule has 0 heterocycles. The van der Waals surface area contributed by atoms with Crippen LogP contribution in [0.5, 0.6) is 0 Å². The van der Waals surface area contributed by atoms with E-state index in [0.29, 0.717) is 0 Å². The van der Waals surface area contributed by atoms with Crippen LogP contribution in [0, 0.1) is 17.1 Å². The predicted octanol–water partition coefficient (Wildman–Crippen LogP) is 4.09. The SMILES string of the molecule is C[C@]1(c2ccc(C#N)c(F)c2)C=CCCCC1. The van der Waals surface area contributed by atoms with E-state index in [-0.39, 0.29) is 11.0 Å². The minimum Gasteiger partial charge on any atom is -0.206 e. The number of rotatable bonds is 1. The van der Waals surface area contributed by atoms with Crippen molar-refractivity contribution in [2.75, 3.05) is 0 Å². The third-order valence-corrected chi connectivity index (χ3v) is 3.55. The maximum atomic E-state index is 13.6. The van der Waals surface area contributed by atoms with Gasteiger partial charge >= 0.3 is 0 Å². The topological polar surface area (TPSA) is 23.8 Å². The fraction of sp³-hybridized carbons (Fsp3) is 0.400. The highest BCUT2D eigenvalue weighted by molar-refractivity contribution is 5.38. The maximum absolute atomic E-state index is 13.6. The molecule has 1 aromatic rings. The Morgan fingerprint density at radius 2 is 2.18 bits per heavy atom. The highest BCUT2D eigenvalue weighted by atomic mass is 19.1. The molecule has 17 heavy (non-hydrogen) atoms. The van der Waals surface area contributed by atoms with Gasteiger partial charge in [-0.3, -0.25) is 0 Å². The Morgan fingerprint density at radius 1 is 1.35 bits per heavy atom. The monoisotopic (exact) mass is 229 g/mol. The van der Waals surface area contributed by atoms with Crippen molar-refractivity contribution in [3.63, 3.8) is 0 Å². The third-order valence-electron chi connectivity index (χ3n) is 3.55. The van der Waals surface area contributed by atoms with E-state index in [9.17, 15) is 4.39 Å². The zero-order chi connectivity index (χ0) is 12.3. The fourth-order valence-electron chi connectivity index (χ4n) is 2.38. The van der Waals surface area contributed by atoms with Gasteiger partial charge in [0.2, 0.25) is 0 Å². The number of benzene rings is 1. The van der Waals surface area contributed by atoms with Crippen LogP contribution in [0.25, 0.3) is 0 Å². The molecule has 0 fully saturated rings. The van der Waals surface area contributed by atoms with Crippen LogP contribution < -0.4 is 0 Å². The molecule has 2 heteroatoms. The summed E-state index contributed by atoms with van der Waals surface area (Å²) in [5.74, 6) is -0.413. The van der Waals surface area contributed by atoms with Crippen LogP contribution in [-0.4, -0.2) is 0 Å². The number of hydrogen-bond acceptors (Lipinski definition) is 1. The van der Waals surface area contributed by atoms with Gasteiger partial charge in [0.15, 0.2) is 0 Å². The Bertz CT molecular complexity index is 484. The van der Waals surface area contributed by atoms with Gasteiger partial charge in [0, 0.05) is 5.41 Å². The smallest absolute Gasteiger partial charge is 0.141 e. The molecular formula is C15H16FN. The van der Waals surface area contributed by atoms with Crippen LogP contribution in [0.2, 0.25) is 0 Å². The van der Waals surface area contributed by atoms with Crippen LogP contribution in [-0.2, 0) is 5.41 Å². The van der Waals surface area contributed by atoms with Crippen molar-refractivity contribution in [1.29, 1.82) is 5.26 Å². The normalized spacial score (nSPS) is 24.1. The molecule has 0 aromatic heterocycles. The average Bonchev–Trinajstić information content (AvgIpc) is 2.55. The lowest BCUT2D eigenvalue weighted by Crippen LogP contribution is -2.18. The predicted molar refractivity (Wildman–Crippen MR) is 66.1 cm³/mol. The van der Waals surface area contributed by atoms with Crippen LogP contribution in [0.3, 0.4) is 0 Å². The van der Waals surface area contributed by atoms with E-state index in [1.165, 1.54) is 12.5 Å². The van der Waals surface area contributed by atoms with E-state index in [1.54, 1.807) is 6.07 Å². The second kappa shape index (κ2) is 4.71. The molecule has 1 aliphatic rings. The first-order valence-corrected chi connectivity index (χ1v) is 6.03. The van der Waals surface area contributed by atoms with Crippen molar-refractivity contribution in [2.24, 2.45) is 0 Å². The quantitative estimate of drug-likeness (QED) is 0.665. The Balaban J connectivity index is 2.39. The minimum atomic E-state index is -0.413. The number of hydrogen-bond donors (Lipinski definition) is 0. The lowest BCUT2D eigenvalue weighted by molar-refractivity contribution is 0.512. The summed E-state index contributed by atoms with van der Waals surface area (Å²) >= 11 is 0. The van der Waals surface area contributed by atoms with Gasteiger partial charge in [0.1, 0.15) is 11.9 Å². The van der Waals surface area contributed by atoms with E-state index < -0.39 is 5.82 Å². The molecule has 0 amide bonds. The molecule has 1 nitrogen and oxygen atoms in total. The first-order valence-electron chi connectivity index (χ1n) is 6.03. The largest absolute Gasteiger partial charge is 0.206 e. The van der Waals surface area contributed by atoms with Gasteiger partial charge in [0.25, 0.3) is 0 Å². The first kappa shape index (κ1) is 11.9. The number of halogens is 1. The summed E-state index contributed by atoms with van der Waals surface area (Å²) in [6, 6.07) is 6.82. The number of allylic oxidation sites excluding steroid dienone is 2. The second-order valence-corrected chi connectivity index (χ2v) is 4.87. The summed E-state index contributed by atoms with van der Waals surface area (Å²) in [6.45, 7) is 2.13. The van der Waals surface area contributed by atoms with Gasteiger partial charge in [-0.15, -0.1) is 0 Å². The zero-order valence-electron chi connectivity index (χ0n) is 10.0. The standard InChI is InChI=1S/C15H16FN/c1-15(8-4-2-3-5-9-15)13-7-6-12(11-17)14(16)10-13/h4,6-8,10H,2-3,5,9H2,1H3/t15-/m0/s1. The first-order chi connectivity index (χ1) is 8.15. The van der Waals surface area contributed by atoms with Crippen molar-refractivity contribution in [3.8, 4) is 6.07 Å². The van der Waals surface area contributed by atoms with Gasteiger partial charge in [0.05, 0.1) is 5.56 Å². The van der Waals surface area contributed by atoms with E-state index in [4.69, 9.17) is 5.26 Å². The molecule has 2 rings (SSSR count). The Hall–Kier alpha value is -1.62. The molecule has 0 saturated heterocycles. The maximum Gasteiger partial charge on any atom is 0.141 e. The van der Waals surface area contributed by atoms with E-state index in [2.05, 4.69) is 19.1 Å². The van der Waals surface area contributed by atoms with Crippen LogP contribution in [0.15, 0.2) is 30.4 Å². The number of nitrogens with zero attached hydrogens (tertiary/aromatic N) is 1. The van der Waals surface area contributed by atoms with E-state index in [1.807, 2.05) is 12.1 Å². The summed E-state index contributed by atoms with van der Waals surface area (Å²) in [4.78, 5) is 0. The zero-order valence-corrected chi connectivity index (χ0v) is 10.0. The fourth-order valence-corrected chi connectivity index (χ4v) is 2.38. The van der Waals surface area contributed by atoms with Crippen LogP contribution in [0.1, 0.15) is 43.7 Å². The molecule has 0 saturated carbocycles.